The van der Waals surface area contributed by atoms with E-state index >= 15 is 0 Å². The van der Waals surface area contributed by atoms with E-state index in [1.165, 1.54) is 11.8 Å². The molecule has 0 bridgehead atoms. The van der Waals surface area contributed by atoms with Crippen molar-refractivity contribution in [3.05, 3.63) is 54.9 Å². The van der Waals surface area contributed by atoms with Gasteiger partial charge in [-0.15, -0.1) is 10.2 Å². The van der Waals surface area contributed by atoms with E-state index in [1.807, 2.05) is 53.1 Å². The number of methoxy groups -OCH3 is 1. The quantitative estimate of drug-likeness (QED) is 0.517. The lowest BCUT2D eigenvalue weighted by atomic mass is 10.2. The molecule has 0 unspecified atom stereocenters. The van der Waals surface area contributed by atoms with Crippen LogP contribution in [0.5, 0.6) is 5.75 Å². The molecule has 0 atom stereocenters. The molecule has 0 saturated heterocycles. The van der Waals surface area contributed by atoms with Crippen LogP contribution in [0, 0.1) is 0 Å². The minimum Gasteiger partial charge on any atom is -0.495 e. The number of hydrogen-bond acceptors (Lipinski definition) is 6. The van der Waals surface area contributed by atoms with Crippen molar-refractivity contribution >= 4 is 29.0 Å². The van der Waals surface area contributed by atoms with E-state index in [2.05, 4.69) is 41.2 Å². The summed E-state index contributed by atoms with van der Waals surface area (Å²) in [5.41, 5.74) is 2.74. The number of nitrogens with zero attached hydrogens (tertiary/aromatic N) is 4. The van der Waals surface area contributed by atoms with Crippen molar-refractivity contribution in [1.82, 2.24) is 14.8 Å². The van der Waals surface area contributed by atoms with Crippen LogP contribution in [0.2, 0.25) is 0 Å². The van der Waals surface area contributed by atoms with Gasteiger partial charge in [0.25, 0.3) is 0 Å². The zero-order valence-electron chi connectivity index (χ0n) is 17.7. The number of nitrogens with one attached hydrogen (secondary N) is 1. The van der Waals surface area contributed by atoms with Crippen LogP contribution < -0.4 is 15.0 Å². The predicted molar refractivity (Wildman–Crippen MR) is 122 cm³/mol. The first-order valence-corrected chi connectivity index (χ1v) is 10.8. The molecule has 0 saturated carbocycles. The summed E-state index contributed by atoms with van der Waals surface area (Å²) in [5, 5.41) is 11.7. The van der Waals surface area contributed by atoms with Gasteiger partial charge in [-0.05, 0) is 57.2 Å². The summed E-state index contributed by atoms with van der Waals surface area (Å²) in [7, 11) is 1.62. The van der Waals surface area contributed by atoms with Crippen LogP contribution in [0.3, 0.4) is 0 Å². The van der Waals surface area contributed by atoms with E-state index in [9.17, 15) is 4.79 Å². The molecule has 30 heavy (non-hydrogen) atoms. The maximum atomic E-state index is 12.4. The summed E-state index contributed by atoms with van der Waals surface area (Å²) in [6, 6.07) is 16.0. The number of carbonyl (C=O) groups excluding carboxylic acids is 1. The molecule has 0 fully saturated rings. The molecular formula is C22H27N5O2S. The topological polar surface area (TPSA) is 72.3 Å². The van der Waals surface area contributed by atoms with Gasteiger partial charge in [-0.3, -0.25) is 9.36 Å². The van der Waals surface area contributed by atoms with Gasteiger partial charge in [0.05, 0.1) is 18.6 Å². The Bertz CT molecular complexity index is 972. The standard InChI is InChI=1S/C22H27N5O2S/c1-5-26(16(2)3)18-12-10-17(11-13-18)24-21(28)14-30-22-25-23-15-27(22)19-8-6-7-9-20(19)29-4/h6-13,15-16H,5,14H2,1-4H3,(H,24,28). The first-order valence-electron chi connectivity index (χ1n) is 9.86. The molecule has 0 aliphatic rings. The van der Waals surface area contributed by atoms with Gasteiger partial charge in [-0.25, -0.2) is 0 Å². The number of benzene rings is 2. The molecule has 0 spiro atoms. The lowest BCUT2D eigenvalue weighted by Gasteiger charge is -2.27. The normalized spacial score (nSPS) is 10.8. The van der Waals surface area contributed by atoms with Gasteiger partial charge >= 0.3 is 0 Å². The molecule has 1 amide bonds. The van der Waals surface area contributed by atoms with Crippen LogP contribution in [0.4, 0.5) is 11.4 Å². The molecular weight excluding hydrogens is 398 g/mol. The lowest BCUT2D eigenvalue weighted by Crippen LogP contribution is -2.30. The highest BCUT2D eigenvalue weighted by Crippen LogP contribution is 2.27. The van der Waals surface area contributed by atoms with Gasteiger partial charge in [-0.2, -0.15) is 0 Å². The number of amides is 1. The average molecular weight is 426 g/mol. The van der Waals surface area contributed by atoms with E-state index in [0.29, 0.717) is 16.9 Å². The van der Waals surface area contributed by atoms with Crippen LogP contribution in [-0.2, 0) is 4.79 Å². The first-order chi connectivity index (χ1) is 14.5. The van der Waals surface area contributed by atoms with Gasteiger partial charge in [-0.1, -0.05) is 23.9 Å². The maximum Gasteiger partial charge on any atom is 0.234 e. The number of aromatic nitrogens is 3. The van der Waals surface area contributed by atoms with Gasteiger partial charge in [0, 0.05) is 24.0 Å². The first kappa shape index (κ1) is 21.7. The van der Waals surface area contributed by atoms with Crippen molar-refractivity contribution in [2.45, 2.75) is 32.0 Å². The molecule has 3 aromatic rings. The highest BCUT2D eigenvalue weighted by molar-refractivity contribution is 7.99. The number of rotatable bonds is 9. The zero-order valence-corrected chi connectivity index (χ0v) is 18.5. The van der Waals surface area contributed by atoms with E-state index in [0.717, 1.165) is 23.6 Å². The fourth-order valence-electron chi connectivity index (χ4n) is 3.23. The molecule has 2 aromatic carbocycles. The van der Waals surface area contributed by atoms with Crippen molar-refractivity contribution in [3.63, 3.8) is 0 Å². The van der Waals surface area contributed by atoms with E-state index in [1.54, 1.807) is 13.4 Å². The fraction of sp³-hybridized carbons (Fsp3) is 0.318. The molecule has 1 aromatic heterocycles. The molecule has 0 aliphatic carbocycles. The summed E-state index contributed by atoms with van der Waals surface area (Å²) in [5.74, 6) is 0.840. The number of para-hydroxylation sites is 2. The third kappa shape index (κ3) is 5.13. The van der Waals surface area contributed by atoms with Crippen molar-refractivity contribution in [3.8, 4) is 11.4 Å². The van der Waals surface area contributed by atoms with Crippen LogP contribution in [0.25, 0.3) is 5.69 Å². The highest BCUT2D eigenvalue weighted by atomic mass is 32.2. The van der Waals surface area contributed by atoms with Gasteiger partial charge in [0.15, 0.2) is 5.16 Å². The zero-order chi connectivity index (χ0) is 21.5. The Morgan fingerprint density at radius 1 is 1.20 bits per heavy atom. The lowest BCUT2D eigenvalue weighted by molar-refractivity contribution is -0.113. The largest absolute Gasteiger partial charge is 0.495 e. The molecule has 158 valence electrons. The number of anilines is 2. The number of hydrogen-bond donors (Lipinski definition) is 1. The third-order valence-electron chi connectivity index (χ3n) is 4.64. The molecule has 7 nitrogen and oxygen atoms in total. The SMILES string of the molecule is CCN(c1ccc(NC(=O)CSc2nncn2-c2ccccc2OC)cc1)C(C)C. The maximum absolute atomic E-state index is 12.4. The minimum absolute atomic E-state index is 0.0986. The summed E-state index contributed by atoms with van der Waals surface area (Å²) in [6.45, 7) is 7.41. The van der Waals surface area contributed by atoms with Crippen LogP contribution in [-0.4, -0.2) is 46.1 Å². The Hall–Kier alpha value is -3.00. The highest BCUT2D eigenvalue weighted by Gasteiger charge is 2.13. The number of carbonyl (C=O) groups is 1. The molecule has 3 rings (SSSR count). The Morgan fingerprint density at radius 2 is 1.93 bits per heavy atom. The fourth-order valence-corrected chi connectivity index (χ4v) is 3.95. The van der Waals surface area contributed by atoms with Gasteiger partial charge < -0.3 is 15.0 Å². The second kappa shape index (κ2) is 10.2. The predicted octanol–water partition coefficient (Wildman–Crippen LogP) is 4.24. The number of thioether (sulfide) groups is 1. The smallest absolute Gasteiger partial charge is 0.234 e. The Labute approximate surface area is 181 Å². The van der Waals surface area contributed by atoms with Crippen LogP contribution >= 0.6 is 11.8 Å². The molecule has 1 heterocycles. The summed E-state index contributed by atoms with van der Waals surface area (Å²) < 4.78 is 7.23. The van der Waals surface area contributed by atoms with Gasteiger partial charge in [0.1, 0.15) is 12.1 Å². The monoisotopic (exact) mass is 425 g/mol. The summed E-state index contributed by atoms with van der Waals surface area (Å²) in [6.07, 6.45) is 1.62. The van der Waals surface area contributed by atoms with Crippen molar-refractivity contribution < 1.29 is 9.53 Å². The molecule has 1 N–H and O–H groups in total. The van der Waals surface area contributed by atoms with E-state index < -0.39 is 0 Å². The van der Waals surface area contributed by atoms with Gasteiger partial charge in [0.2, 0.25) is 5.91 Å². The van der Waals surface area contributed by atoms with Crippen LogP contribution in [0.15, 0.2) is 60.0 Å². The molecule has 8 heteroatoms. The van der Waals surface area contributed by atoms with E-state index in [4.69, 9.17) is 4.74 Å². The van der Waals surface area contributed by atoms with Crippen molar-refractivity contribution in [1.29, 1.82) is 0 Å². The second-order valence-corrected chi connectivity index (χ2v) is 7.86. The van der Waals surface area contributed by atoms with Crippen molar-refractivity contribution in [2.75, 3.05) is 29.6 Å². The Kier molecular flexibility index (Phi) is 7.35. The Morgan fingerprint density at radius 3 is 2.60 bits per heavy atom. The third-order valence-corrected chi connectivity index (χ3v) is 5.58. The second-order valence-electron chi connectivity index (χ2n) is 6.92. The number of ether oxygens (including phenoxy) is 1. The van der Waals surface area contributed by atoms with E-state index in [-0.39, 0.29) is 11.7 Å². The summed E-state index contributed by atoms with van der Waals surface area (Å²) >= 11 is 1.32. The molecule has 0 aliphatic heterocycles. The average Bonchev–Trinajstić information content (AvgIpc) is 3.22. The molecule has 0 radical (unpaired) electrons. The summed E-state index contributed by atoms with van der Waals surface area (Å²) in [4.78, 5) is 14.7. The van der Waals surface area contributed by atoms with Crippen LogP contribution in [0.1, 0.15) is 20.8 Å². The Balaban J connectivity index is 1.62. The van der Waals surface area contributed by atoms with Crippen molar-refractivity contribution in [2.24, 2.45) is 0 Å². The minimum atomic E-state index is -0.0986.